The molecule has 106 valence electrons. The molecule has 2 aromatic rings. The largest absolute Gasteiger partial charge is 0.466 e. The Morgan fingerprint density at radius 2 is 2.35 bits per heavy atom. The Labute approximate surface area is 118 Å². The number of carbonyl (C=O) groups is 1. The topological polar surface area (TPSA) is 45.3 Å². The normalized spacial score (nSPS) is 19.2. The Morgan fingerprint density at radius 1 is 1.45 bits per heavy atom. The third-order valence-corrected chi connectivity index (χ3v) is 3.94. The Morgan fingerprint density at radius 3 is 3.20 bits per heavy atom. The number of piperidine rings is 1. The SMILES string of the molecule is CCOC(=O)C1CCCN(c2ccc3[nH]ccc3c2)C1. The Hall–Kier alpha value is -1.97. The van der Waals surface area contributed by atoms with E-state index in [0.29, 0.717) is 6.61 Å². The number of H-pyrrole nitrogens is 1. The van der Waals surface area contributed by atoms with Crippen molar-refractivity contribution in [3.63, 3.8) is 0 Å². The number of ether oxygens (including phenoxy) is 1. The lowest BCUT2D eigenvalue weighted by molar-refractivity contribution is -0.148. The molecule has 20 heavy (non-hydrogen) atoms. The average molecular weight is 272 g/mol. The molecule has 1 aliphatic rings. The maximum absolute atomic E-state index is 11.9. The highest BCUT2D eigenvalue weighted by Crippen LogP contribution is 2.26. The zero-order valence-electron chi connectivity index (χ0n) is 11.8. The fraction of sp³-hybridized carbons (Fsp3) is 0.438. The lowest BCUT2D eigenvalue weighted by atomic mass is 9.97. The molecule has 0 bridgehead atoms. The summed E-state index contributed by atoms with van der Waals surface area (Å²) in [5, 5.41) is 1.21. The van der Waals surface area contributed by atoms with Gasteiger partial charge in [0.15, 0.2) is 0 Å². The van der Waals surface area contributed by atoms with E-state index in [1.807, 2.05) is 13.1 Å². The number of anilines is 1. The highest BCUT2D eigenvalue weighted by molar-refractivity contribution is 5.83. The first kappa shape index (κ1) is 13.0. The van der Waals surface area contributed by atoms with Crippen molar-refractivity contribution >= 4 is 22.6 Å². The number of esters is 1. The lowest BCUT2D eigenvalue weighted by Crippen LogP contribution is -2.39. The molecule has 1 unspecified atom stereocenters. The number of benzene rings is 1. The number of aromatic nitrogens is 1. The maximum atomic E-state index is 11.9. The van der Waals surface area contributed by atoms with Gasteiger partial charge in [-0.05, 0) is 44.0 Å². The van der Waals surface area contributed by atoms with Gasteiger partial charge in [0.05, 0.1) is 12.5 Å². The third-order valence-electron chi connectivity index (χ3n) is 3.94. The van der Waals surface area contributed by atoms with E-state index >= 15 is 0 Å². The summed E-state index contributed by atoms with van der Waals surface area (Å²) in [5.74, 6) is -0.0504. The van der Waals surface area contributed by atoms with Crippen molar-refractivity contribution in [3.05, 3.63) is 30.5 Å². The summed E-state index contributed by atoms with van der Waals surface area (Å²) < 4.78 is 5.15. The van der Waals surface area contributed by atoms with Crippen molar-refractivity contribution in [2.45, 2.75) is 19.8 Å². The number of aromatic amines is 1. The molecule has 1 aromatic carbocycles. The van der Waals surface area contributed by atoms with Crippen LogP contribution >= 0.6 is 0 Å². The van der Waals surface area contributed by atoms with E-state index in [4.69, 9.17) is 4.74 Å². The zero-order chi connectivity index (χ0) is 13.9. The van der Waals surface area contributed by atoms with Crippen molar-refractivity contribution in [2.75, 3.05) is 24.6 Å². The number of rotatable bonds is 3. The Kier molecular flexibility index (Phi) is 3.63. The lowest BCUT2D eigenvalue weighted by Gasteiger charge is -2.33. The van der Waals surface area contributed by atoms with Gasteiger partial charge in [-0.15, -0.1) is 0 Å². The molecule has 1 aromatic heterocycles. The van der Waals surface area contributed by atoms with Gasteiger partial charge in [-0.2, -0.15) is 0 Å². The molecular weight excluding hydrogens is 252 g/mol. The summed E-state index contributed by atoms with van der Waals surface area (Å²) in [6.45, 7) is 4.09. The molecule has 1 aliphatic heterocycles. The van der Waals surface area contributed by atoms with Crippen LogP contribution in [-0.2, 0) is 9.53 Å². The fourth-order valence-electron chi connectivity index (χ4n) is 2.90. The molecule has 0 amide bonds. The monoisotopic (exact) mass is 272 g/mol. The van der Waals surface area contributed by atoms with Crippen molar-refractivity contribution in [2.24, 2.45) is 5.92 Å². The van der Waals surface area contributed by atoms with Crippen molar-refractivity contribution < 1.29 is 9.53 Å². The highest BCUT2D eigenvalue weighted by atomic mass is 16.5. The van der Waals surface area contributed by atoms with Crippen molar-refractivity contribution in [3.8, 4) is 0 Å². The van der Waals surface area contributed by atoms with Gasteiger partial charge in [-0.3, -0.25) is 4.79 Å². The molecule has 0 radical (unpaired) electrons. The van der Waals surface area contributed by atoms with E-state index in [9.17, 15) is 4.79 Å². The molecule has 1 saturated heterocycles. The summed E-state index contributed by atoms with van der Waals surface area (Å²) in [5.41, 5.74) is 2.33. The molecule has 0 aliphatic carbocycles. The van der Waals surface area contributed by atoms with Gasteiger partial charge in [0, 0.05) is 35.9 Å². The molecule has 3 rings (SSSR count). The quantitative estimate of drug-likeness (QED) is 0.874. The van der Waals surface area contributed by atoms with Crippen LogP contribution in [0.3, 0.4) is 0 Å². The van der Waals surface area contributed by atoms with E-state index in [1.165, 1.54) is 11.1 Å². The van der Waals surface area contributed by atoms with E-state index in [-0.39, 0.29) is 11.9 Å². The molecule has 4 heteroatoms. The second-order valence-electron chi connectivity index (χ2n) is 5.29. The van der Waals surface area contributed by atoms with Gasteiger partial charge in [-0.25, -0.2) is 0 Å². The molecule has 1 atom stereocenters. The van der Waals surface area contributed by atoms with Gasteiger partial charge >= 0.3 is 5.97 Å². The van der Waals surface area contributed by atoms with Crippen molar-refractivity contribution in [1.82, 2.24) is 4.98 Å². The van der Waals surface area contributed by atoms with E-state index in [0.717, 1.165) is 31.4 Å². The maximum Gasteiger partial charge on any atom is 0.310 e. The van der Waals surface area contributed by atoms with E-state index in [2.05, 4.69) is 34.1 Å². The molecule has 1 N–H and O–H groups in total. The molecule has 4 nitrogen and oxygen atoms in total. The number of nitrogens with zero attached hydrogens (tertiary/aromatic N) is 1. The number of hydrogen-bond acceptors (Lipinski definition) is 3. The first-order valence-electron chi connectivity index (χ1n) is 7.26. The Bertz CT molecular complexity index is 605. The number of fused-ring (bicyclic) bond motifs is 1. The zero-order valence-corrected chi connectivity index (χ0v) is 11.8. The fourth-order valence-corrected chi connectivity index (χ4v) is 2.90. The van der Waals surface area contributed by atoms with Crippen molar-refractivity contribution in [1.29, 1.82) is 0 Å². The second kappa shape index (κ2) is 5.57. The molecular formula is C16H20N2O2. The predicted octanol–water partition coefficient (Wildman–Crippen LogP) is 2.95. The third kappa shape index (κ3) is 2.50. The van der Waals surface area contributed by atoms with Crippen LogP contribution in [0.15, 0.2) is 30.5 Å². The van der Waals surface area contributed by atoms with Crippen LogP contribution in [0, 0.1) is 5.92 Å². The van der Waals surface area contributed by atoms with E-state index < -0.39 is 0 Å². The minimum atomic E-state index is -0.0556. The van der Waals surface area contributed by atoms with Crippen LogP contribution in [0.4, 0.5) is 5.69 Å². The molecule has 2 heterocycles. The van der Waals surface area contributed by atoms with Crippen LogP contribution in [0.2, 0.25) is 0 Å². The van der Waals surface area contributed by atoms with Crippen LogP contribution in [-0.4, -0.2) is 30.6 Å². The molecule has 1 fully saturated rings. The van der Waals surface area contributed by atoms with Crippen LogP contribution in [0.25, 0.3) is 10.9 Å². The average Bonchev–Trinajstić information content (AvgIpc) is 2.95. The van der Waals surface area contributed by atoms with E-state index in [1.54, 1.807) is 0 Å². The standard InChI is InChI=1S/C16H20N2O2/c1-2-20-16(19)13-4-3-9-18(11-13)14-5-6-15-12(10-14)7-8-17-15/h5-8,10,13,17H,2-4,9,11H2,1H3. The molecule has 0 spiro atoms. The number of carbonyl (C=O) groups excluding carboxylic acids is 1. The first-order chi connectivity index (χ1) is 9.78. The summed E-state index contributed by atoms with van der Waals surface area (Å²) in [4.78, 5) is 17.4. The minimum Gasteiger partial charge on any atom is -0.466 e. The predicted molar refractivity (Wildman–Crippen MR) is 79.9 cm³/mol. The summed E-state index contributed by atoms with van der Waals surface area (Å²) in [7, 11) is 0. The summed E-state index contributed by atoms with van der Waals surface area (Å²) in [6.07, 6.45) is 3.92. The smallest absolute Gasteiger partial charge is 0.310 e. The second-order valence-corrected chi connectivity index (χ2v) is 5.29. The van der Waals surface area contributed by atoms with Crippen LogP contribution in [0.5, 0.6) is 0 Å². The van der Waals surface area contributed by atoms with Gasteiger partial charge < -0.3 is 14.6 Å². The number of hydrogen-bond donors (Lipinski definition) is 1. The van der Waals surface area contributed by atoms with Gasteiger partial charge in [0.25, 0.3) is 0 Å². The highest BCUT2D eigenvalue weighted by Gasteiger charge is 2.27. The minimum absolute atomic E-state index is 0.00521. The Balaban J connectivity index is 1.77. The van der Waals surface area contributed by atoms with Crippen LogP contribution in [0.1, 0.15) is 19.8 Å². The summed E-state index contributed by atoms with van der Waals surface area (Å²) >= 11 is 0. The number of nitrogens with one attached hydrogen (secondary N) is 1. The van der Waals surface area contributed by atoms with Gasteiger partial charge in [0.1, 0.15) is 0 Å². The van der Waals surface area contributed by atoms with Gasteiger partial charge in [0.2, 0.25) is 0 Å². The van der Waals surface area contributed by atoms with Crippen LogP contribution < -0.4 is 4.90 Å². The molecule has 0 saturated carbocycles. The summed E-state index contributed by atoms with van der Waals surface area (Å²) in [6, 6.07) is 8.47. The first-order valence-corrected chi connectivity index (χ1v) is 7.26. The van der Waals surface area contributed by atoms with Gasteiger partial charge in [-0.1, -0.05) is 0 Å².